The van der Waals surface area contributed by atoms with Crippen molar-refractivity contribution in [3.63, 3.8) is 0 Å². The maximum Gasteiger partial charge on any atom is 0.339 e. The highest BCUT2D eigenvalue weighted by molar-refractivity contribution is 5.96. The Morgan fingerprint density at radius 3 is 2.22 bits per heavy atom. The molecule has 0 aliphatic heterocycles. The van der Waals surface area contributed by atoms with Crippen LogP contribution in [0.25, 0.3) is 0 Å². The molecule has 138 valence electrons. The number of nitrogens with zero attached hydrogens (tertiary/aromatic N) is 2. The van der Waals surface area contributed by atoms with E-state index in [0.29, 0.717) is 28.7 Å². The molecule has 0 bridgehead atoms. The monoisotopic (exact) mass is 362 g/mol. The highest BCUT2D eigenvalue weighted by atomic mass is 16.5. The van der Waals surface area contributed by atoms with Gasteiger partial charge >= 0.3 is 5.97 Å². The molecule has 1 heterocycles. The summed E-state index contributed by atoms with van der Waals surface area (Å²) in [7, 11) is 1.36. The van der Waals surface area contributed by atoms with E-state index >= 15 is 0 Å². The van der Waals surface area contributed by atoms with Crippen LogP contribution < -0.4 is 10.6 Å². The first kappa shape index (κ1) is 18.4. The van der Waals surface area contributed by atoms with E-state index in [0.717, 1.165) is 5.69 Å². The molecule has 0 fully saturated rings. The van der Waals surface area contributed by atoms with E-state index < -0.39 is 5.97 Å². The molecule has 0 radical (unpaired) electrons. The number of anilines is 4. The van der Waals surface area contributed by atoms with Crippen LogP contribution in [0.4, 0.5) is 23.0 Å². The molecule has 6 nitrogen and oxygen atoms in total. The molecule has 3 aromatic rings. The Morgan fingerprint density at radius 2 is 1.52 bits per heavy atom. The first-order chi connectivity index (χ1) is 13.0. The number of methoxy groups -OCH3 is 1. The third kappa shape index (κ3) is 4.23. The van der Waals surface area contributed by atoms with Crippen molar-refractivity contribution in [2.45, 2.75) is 20.8 Å². The summed E-state index contributed by atoms with van der Waals surface area (Å²) in [6, 6.07) is 15.0. The molecule has 2 aromatic carbocycles. The van der Waals surface area contributed by atoms with Crippen LogP contribution in [0.2, 0.25) is 0 Å². The SMILES string of the molecule is COC(=O)c1ccccc1Nc1cc(Nc2cccc(C)c2C)nc(C)n1. The van der Waals surface area contributed by atoms with Crippen LogP contribution in [0.1, 0.15) is 27.3 Å². The lowest BCUT2D eigenvalue weighted by Gasteiger charge is -2.14. The van der Waals surface area contributed by atoms with Crippen molar-refractivity contribution < 1.29 is 9.53 Å². The van der Waals surface area contributed by atoms with Gasteiger partial charge in [0.2, 0.25) is 0 Å². The average Bonchev–Trinajstić information content (AvgIpc) is 2.65. The van der Waals surface area contributed by atoms with Crippen molar-refractivity contribution in [2.24, 2.45) is 0 Å². The van der Waals surface area contributed by atoms with Crippen LogP contribution in [-0.4, -0.2) is 23.0 Å². The molecule has 0 spiro atoms. The van der Waals surface area contributed by atoms with Crippen molar-refractivity contribution in [1.29, 1.82) is 0 Å². The molecule has 0 saturated heterocycles. The molecular weight excluding hydrogens is 340 g/mol. The normalized spacial score (nSPS) is 10.4. The summed E-state index contributed by atoms with van der Waals surface area (Å²) >= 11 is 0. The van der Waals surface area contributed by atoms with E-state index in [1.807, 2.05) is 37.3 Å². The molecule has 0 amide bonds. The number of aromatic nitrogens is 2. The molecular formula is C21H22N4O2. The second-order valence-corrected chi connectivity index (χ2v) is 6.22. The summed E-state index contributed by atoms with van der Waals surface area (Å²) in [6.45, 7) is 5.96. The maximum absolute atomic E-state index is 12.0. The fourth-order valence-corrected chi connectivity index (χ4v) is 2.74. The van der Waals surface area contributed by atoms with E-state index in [2.05, 4.69) is 40.5 Å². The summed E-state index contributed by atoms with van der Waals surface area (Å²) in [4.78, 5) is 20.8. The number of hydrogen-bond acceptors (Lipinski definition) is 6. The predicted molar refractivity (Wildman–Crippen MR) is 107 cm³/mol. The van der Waals surface area contributed by atoms with Gasteiger partial charge in [-0.05, 0) is 50.1 Å². The minimum absolute atomic E-state index is 0.405. The molecule has 6 heteroatoms. The molecule has 0 unspecified atom stereocenters. The van der Waals surface area contributed by atoms with Gasteiger partial charge in [0.05, 0.1) is 18.4 Å². The zero-order valence-electron chi connectivity index (χ0n) is 15.8. The van der Waals surface area contributed by atoms with Crippen molar-refractivity contribution >= 4 is 29.0 Å². The molecule has 0 atom stereocenters. The number of hydrogen-bond donors (Lipinski definition) is 2. The largest absolute Gasteiger partial charge is 0.465 e. The van der Waals surface area contributed by atoms with Gasteiger partial charge in [-0.2, -0.15) is 0 Å². The molecule has 1 aromatic heterocycles. The summed E-state index contributed by atoms with van der Waals surface area (Å²) < 4.78 is 4.84. The minimum atomic E-state index is -0.405. The lowest BCUT2D eigenvalue weighted by Crippen LogP contribution is -2.07. The van der Waals surface area contributed by atoms with E-state index in [1.165, 1.54) is 18.2 Å². The number of aryl methyl sites for hydroxylation is 2. The number of benzene rings is 2. The number of carbonyl (C=O) groups excluding carboxylic acids is 1. The van der Waals surface area contributed by atoms with Crippen LogP contribution in [0.15, 0.2) is 48.5 Å². The Kier molecular flexibility index (Phi) is 5.35. The smallest absolute Gasteiger partial charge is 0.339 e. The number of carbonyl (C=O) groups is 1. The van der Waals surface area contributed by atoms with Gasteiger partial charge in [-0.25, -0.2) is 14.8 Å². The number of nitrogens with one attached hydrogen (secondary N) is 2. The topological polar surface area (TPSA) is 76.1 Å². The summed E-state index contributed by atoms with van der Waals surface area (Å²) in [5.74, 6) is 1.47. The standard InChI is InChI=1S/C21H22N4O2/c1-13-8-7-11-17(14(13)2)24-19-12-20(23-15(3)22-19)25-18-10-6-5-9-16(18)21(26)27-4/h5-12H,1-4H3,(H2,22,23,24,25). The van der Waals surface area contributed by atoms with Crippen molar-refractivity contribution in [2.75, 3.05) is 17.7 Å². The Labute approximate surface area is 158 Å². The summed E-state index contributed by atoms with van der Waals surface area (Å²) in [6.07, 6.45) is 0. The van der Waals surface area contributed by atoms with Crippen molar-refractivity contribution in [1.82, 2.24) is 9.97 Å². The van der Waals surface area contributed by atoms with Crippen molar-refractivity contribution in [3.05, 3.63) is 71.0 Å². The summed E-state index contributed by atoms with van der Waals surface area (Å²) in [5.41, 5.74) is 4.44. The lowest BCUT2D eigenvalue weighted by atomic mass is 10.1. The van der Waals surface area contributed by atoms with Crippen LogP contribution in [0, 0.1) is 20.8 Å². The van der Waals surface area contributed by atoms with Gasteiger partial charge in [0.15, 0.2) is 0 Å². The Hall–Kier alpha value is -3.41. The maximum atomic E-state index is 12.0. The number of esters is 1. The molecule has 0 aliphatic rings. The third-order valence-electron chi connectivity index (χ3n) is 4.30. The fourth-order valence-electron chi connectivity index (χ4n) is 2.74. The highest BCUT2D eigenvalue weighted by Gasteiger charge is 2.12. The Bertz CT molecular complexity index is 986. The van der Waals surface area contributed by atoms with E-state index in [9.17, 15) is 4.79 Å². The van der Waals surface area contributed by atoms with Gasteiger partial charge in [0.1, 0.15) is 17.5 Å². The molecule has 2 N–H and O–H groups in total. The Balaban J connectivity index is 1.91. The average molecular weight is 362 g/mol. The third-order valence-corrected chi connectivity index (χ3v) is 4.30. The fraction of sp³-hybridized carbons (Fsp3) is 0.190. The van der Waals surface area contributed by atoms with Crippen LogP contribution in [0.5, 0.6) is 0 Å². The Morgan fingerprint density at radius 1 is 0.889 bits per heavy atom. The summed E-state index contributed by atoms with van der Waals surface area (Å²) in [5, 5.41) is 6.53. The lowest BCUT2D eigenvalue weighted by molar-refractivity contribution is 0.0602. The first-order valence-electron chi connectivity index (χ1n) is 8.61. The van der Waals surface area contributed by atoms with Crippen molar-refractivity contribution in [3.8, 4) is 0 Å². The molecule has 0 aliphatic carbocycles. The van der Waals surface area contributed by atoms with Gasteiger partial charge < -0.3 is 15.4 Å². The zero-order valence-corrected chi connectivity index (χ0v) is 15.8. The second-order valence-electron chi connectivity index (χ2n) is 6.22. The zero-order chi connectivity index (χ0) is 19.4. The van der Waals surface area contributed by atoms with E-state index in [-0.39, 0.29) is 0 Å². The second kappa shape index (κ2) is 7.86. The van der Waals surface area contributed by atoms with E-state index in [4.69, 9.17) is 4.74 Å². The number of rotatable bonds is 5. The number of ether oxygens (including phenoxy) is 1. The van der Waals surface area contributed by atoms with Gasteiger partial charge in [-0.1, -0.05) is 24.3 Å². The minimum Gasteiger partial charge on any atom is -0.465 e. The molecule has 3 rings (SSSR count). The van der Waals surface area contributed by atoms with Gasteiger partial charge in [-0.15, -0.1) is 0 Å². The predicted octanol–water partition coefficient (Wildman–Crippen LogP) is 4.68. The van der Waals surface area contributed by atoms with Gasteiger partial charge in [-0.3, -0.25) is 0 Å². The van der Waals surface area contributed by atoms with Gasteiger partial charge in [0, 0.05) is 11.8 Å². The highest BCUT2D eigenvalue weighted by Crippen LogP contribution is 2.25. The van der Waals surface area contributed by atoms with Crippen LogP contribution in [-0.2, 0) is 4.74 Å². The molecule has 0 saturated carbocycles. The van der Waals surface area contributed by atoms with Crippen LogP contribution in [0.3, 0.4) is 0 Å². The quantitative estimate of drug-likeness (QED) is 0.642. The van der Waals surface area contributed by atoms with Crippen LogP contribution >= 0.6 is 0 Å². The number of para-hydroxylation sites is 1. The first-order valence-corrected chi connectivity index (χ1v) is 8.61. The van der Waals surface area contributed by atoms with Gasteiger partial charge in [0.25, 0.3) is 0 Å². The molecule has 27 heavy (non-hydrogen) atoms. The van der Waals surface area contributed by atoms with E-state index in [1.54, 1.807) is 12.1 Å².